The molecule has 0 aliphatic carbocycles. The number of hydrogen-bond donors (Lipinski definition) is 6. The van der Waals surface area contributed by atoms with E-state index < -0.39 is 54.0 Å². The molecule has 0 heterocycles. The Bertz CT molecular complexity index is 562. The maximum atomic E-state index is 12.6. The van der Waals surface area contributed by atoms with E-state index in [2.05, 4.69) is 16.0 Å². The molecule has 3 amide bonds. The smallest absolute Gasteiger partial charge is 0.326 e. The summed E-state index contributed by atoms with van der Waals surface area (Å²) in [5, 5.41) is 26.4. The van der Waals surface area contributed by atoms with E-state index >= 15 is 0 Å². The van der Waals surface area contributed by atoms with Crippen molar-refractivity contribution in [2.45, 2.75) is 78.2 Å². The molecular formula is C18H34N4O6. The number of carbonyl (C=O) groups is 4. The number of aliphatic hydroxyl groups is 1. The molecule has 0 bridgehead atoms. The minimum atomic E-state index is -1.31. The van der Waals surface area contributed by atoms with E-state index in [0.717, 1.165) is 0 Å². The monoisotopic (exact) mass is 402 g/mol. The summed E-state index contributed by atoms with van der Waals surface area (Å²) in [5.74, 6) is -3.54. The first-order valence-corrected chi connectivity index (χ1v) is 9.35. The van der Waals surface area contributed by atoms with Crippen molar-refractivity contribution in [1.82, 2.24) is 16.0 Å². The summed E-state index contributed by atoms with van der Waals surface area (Å²) in [4.78, 5) is 48.3. The van der Waals surface area contributed by atoms with Crippen LogP contribution in [0.5, 0.6) is 0 Å². The Morgan fingerprint density at radius 1 is 0.821 bits per heavy atom. The van der Waals surface area contributed by atoms with E-state index in [0.29, 0.717) is 0 Å². The molecule has 162 valence electrons. The standard InChI is InChI=1S/C18H34N4O6/c1-8(2)7-12(18(27)28)20-16(25)13(9(3)4)21-17(26)14(11(6)23)22-15(24)10(5)19/h8-14,23H,7,19H2,1-6H3,(H,20,25)(H,21,26)(H,22,24)(H,27,28)/t10-,11?,12+,13+,14+/m1/s1. The molecule has 28 heavy (non-hydrogen) atoms. The zero-order valence-corrected chi connectivity index (χ0v) is 17.4. The van der Waals surface area contributed by atoms with Crippen LogP contribution in [0.2, 0.25) is 0 Å². The topological polar surface area (TPSA) is 171 Å². The molecule has 0 aromatic heterocycles. The lowest BCUT2D eigenvalue weighted by atomic mass is 9.99. The van der Waals surface area contributed by atoms with Crippen molar-refractivity contribution >= 4 is 23.7 Å². The van der Waals surface area contributed by atoms with Crippen LogP contribution in [0.25, 0.3) is 0 Å². The Labute approximate surface area is 165 Å². The number of nitrogens with one attached hydrogen (secondary N) is 3. The highest BCUT2D eigenvalue weighted by atomic mass is 16.4. The molecule has 0 aromatic carbocycles. The molecule has 0 aliphatic rings. The largest absolute Gasteiger partial charge is 0.480 e. The Balaban J connectivity index is 5.30. The Morgan fingerprint density at radius 3 is 1.64 bits per heavy atom. The van der Waals surface area contributed by atoms with Crippen LogP contribution in [-0.2, 0) is 19.2 Å². The van der Waals surface area contributed by atoms with Crippen molar-refractivity contribution in [1.29, 1.82) is 0 Å². The van der Waals surface area contributed by atoms with Gasteiger partial charge in [-0.05, 0) is 32.1 Å². The third-order valence-electron chi connectivity index (χ3n) is 4.04. The number of carboxylic acid groups (broad SMARTS) is 1. The summed E-state index contributed by atoms with van der Waals surface area (Å²) in [6.07, 6.45) is -0.994. The highest BCUT2D eigenvalue weighted by molar-refractivity contribution is 5.94. The summed E-state index contributed by atoms with van der Waals surface area (Å²) < 4.78 is 0. The molecular weight excluding hydrogens is 368 g/mol. The van der Waals surface area contributed by atoms with Gasteiger partial charge >= 0.3 is 5.97 Å². The lowest BCUT2D eigenvalue weighted by Gasteiger charge is -2.28. The number of carboxylic acids is 1. The molecule has 0 aromatic rings. The first-order chi connectivity index (χ1) is 12.8. The van der Waals surface area contributed by atoms with Gasteiger partial charge in [0.15, 0.2) is 0 Å². The molecule has 1 unspecified atom stereocenters. The van der Waals surface area contributed by atoms with Gasteiger partial charge in [-0.1, -0.05) is 27.7 Å². The van der Waals surface area contributed by atoms with Crippen molar-refractivity contribution < 1.29 is 29.4 Å². The van der Waals surface area contributed by atoms with Crippen LogP contribution in [0, 0.1) is 11.8 Å². The summed E-state index contributed by atoms with van der Waals surface area (Å²) in [6.45, 7) is 9.77. The minimum Gasteiger partial charge on any atom is -0.480 e. The molecule has 5 atom stereocenters. The third kappa shape index (κ3) is 8.66. The van der Waals surface area contributed by atoms with Gasteiger partial charge in [0.25, 0.3) is 0 Å². The molecule has 0 rings (SSSR count). The van der Waals surface area contributed by atoms with Gasteiger partial charge in [-0.25, -0.2) is 4.79 Å². The van der Waals surface area contributed by atoms with E-state index in [4.69, 9.17) is 5.73 Å². The normalized spacial score (nSPS) is 16.6. The summed E-state index contributed by atoms with van der Waals surface area (Å²) in [7, 11) is 0. The van der Waals surface area contributed by atoms with Crippen LogP contribution >= 0.6 is 0 Å². The molecule has 0 spiro atoms. The van der Waals surface area contributed by atoms with Gasteiger partial charge in [-0.15, -0.1) is 0 Å². The first-order valence-electron chi connectivity index (χ1n) is 9.35. The number of aliphatic carboxylic acids is 1. The fourth-order valence-electron chi connectivity index (χ4n) is 2.42. The summed E-state index contributed by atoms with van der Waals surface area (Å²) in [5.41, 5.74) is 5.46. The van der Waals surface area contributed by atoms with Gasteiger partial charge in [0, 0.05) is 0 Å². The van der Waals surface area contributed by atoms with Gasteiger partial charge in [0.2, 0.25) is 17.7 Å². The van der Waals surface area contributed by atoms with Crippen molar-refractivity contribution in [3.8, 4) is 0 Å². The second-order valence-corrected chi connectivity index (χ2v) is 7.77. The molecule has 10 heteroatoms. The maximum absolute atomic E-state index is 12.6. The van der Waals surface area contributed by atoms with Crippen LogP contribution in [0.1, 0.15) is 48.0 Å². The van der Waals surface area contributed by atoms with E-state index in [1.54, 1.807) is 13.8 Å². The SMILES string of the molecule is CC(C)C[C@H](NC(=O)[C@@H](NC(=O)[C@@H](NC(=O)[C@@H](C)N)C(C)O)C(C)C)C(=O)O. The third-order valence-corrected chi connectivity index (χ3v) is 4.04. The van der Waals surface area contributed by atoms with Gasteiger partial charge in [0.1, 0.15) is 18.1 Å². The van der Waals surface area contributed by atoms with Crippen LogP contribution in [-0.4, -0.2) is 64.2 Å². The number of rotatable bonds is 11. The van der Waals surface area contributed by atoms with Gasteiger partial charge in [-0.2, -0.15) is 0 Å². The van der Waals surface area contributed by atoms with E-state index in [9.17, 15) is 29.4 Å². The zero-order chi connectivity index (χ0) is 22.2. The van der Waals surface area contributed by atoms with Gasteiger partial charge in [-0.3, -0.25) is 14.4 Å². The van der Waals surface area contributed by atoms with Crippen LogP contribution in [0.4, 0.5) is 0 Å². The van der Waals surface area contributed by atoms with Gasteiger partial charge < -0.3 is 31.9 Å². The van der Waals surface area contributed by atoms with Crippen molar-refractivity contribution in [2.24, 2.45) is 17.6 Å². The Hall–Kier alpha value is -2.20. The second-order valence-electron chi connectivity index (χ2n) is 7.77. The quantitative estimate of drug-likeness (QED) is 0.256. The Kier molecular flexibility index (Phi) is 10.7. The summed E-state index contributed by atoms with van der Waals surface area (Å²) >= 11 is 0. The average molecular weight is 402 g/mol. The van der Waals surface area contributed by atoms with Crippen molar-refractivity contribution in [3.63, 3.8) is 0 Å². The van der Waals surface area contributed by atoms with Crippen molar-refractivity contribution in [2.75, 3.05) is 0 Å². The molecule has 0 fully saturated rings. The molecule has 0 radical (unpaired) electrons. The van der Waals surface area contributed by atoms with Crippen molar-refractivity contribution in [3.05, 3.63) is 0 Å². The molecule has 0 aliphatic heterocycles. The maximum Gasteiger partial charge on any atom is 0.326 e. The second kappa shape index (κ2) is 11.6. The number of carbonyl (C=O) groups excluding carboxylic acids is 3. The molecule has 7 N–H and O–H groups in total. The van der Waals surface area contributed by atoms with Crippen LogP contribution in [0.15, 0.2) is 0 Å². The lowest BCUT2D eigenvalue weighted by Crippen LogP contribution is -2.60. The number of hydrogen-bond acceptors (Lipinski definition) is 6. The summed E-state index contributed by atoms with van der Waals surface area (Å²) in [6, 6.07) is -4.32. The fraction of sp³-hybridized carbons (Fsp3) is 0.778. The highest BCUT2D eigenvalue weighted by Crippen LogP contribution is 2.08. The molecule has 10 nitrogen and oxygen atoms in total. The highest BCUT2D eigenvalue weighted by Gasteiger charge is 2.33. The lowest BCUT2D eigenvalue weighted by molar-refractivity contribution is -0.143. The van der Waals surface area contributed by atoms with E-state index in [1.165, 1.54) is 13.8 Å². The number of nitrogens with two attached hydrogens (primary N) is 1. The molecule has 0 saturated heterocycles. The zero-order valence-electron chi connectivity index (χ0n) is 17.4. The van der Waals surface area contributed by atoms with Gasteiger partial charge in [0.05, 0.1) is 12.1 Å². The first kappa shape index (κ1) is 25.8. The minimum absolute atomic E-state index is 0.0431. The Morgan fingerprint density at radius 2 is 1.29 bits per heavy atom. The fourth-order valence-corrected chi connectivity index (χ4v) is 2.42. The van der Waals surface area contributed by atoms with E-state index in [-0.39, 0.29) is 18.3 Å². The number of aliphatic hydroxyl groups excluding tert-OH is 1. The van der Waals surface area contributed by atoms with E-state index in [1.807, 2.05) is 13.8 Å². The average Bonchev–Trinajstić information content (AvgIpc) is 2.54. The predicted octanol–water partition coefficient (Wildman–Crippen LogP) is -1.04. The molecule has 0 saturated carbocycles. The number of amides is 3. The predicted molar refractivity (Wildman–Crippen MR) is 103 cm³/mol. The van der Waals surface area contributed by atoms with Crippen LogP contribution in [0.3, 0.4) is 0 Å². The van der Waals surface area contributed by atoms with Crippen LogP contribution < -0.4 is 21.7 Å².